The smallest absolute Gasteiger partial charge is 0.347 e. The predicted octanol–water partition coefficient (Wildman–Crippen LogP) is 4.10. The molecule has 2 heterocycles. The molecule has 1 unspecified atom stereocenters. The highest BCUT2D eigenvalue weighted by atomic mass is 35.5. The van der Waals surface area contributed by atoms with Gasteiger partial charge in [0, 0.05) is 37.7 Å². The molecule has 1 aromatic carbocycles. The topological polar surface area (TPSA) is 146 Å². The molecule has 242 valence electrons. The molecule has 0 fully saturated rings. The van der Waals surface area contributed by atoms with Crippen molar-refractivity contribution in [3.05, 3.63) is 71.3 Å². The molecule has 1 aliphatic rings. The van der Waals surface area contributed by atoms with Crippen molar-refractivity contribution in [2.75, 3.05) is 13.7 Å². The fraction of sp³-hybridized carbons (Fsp3) is 0.455. The van der Waals surface area contributed by atoms with Gasteiger partial charge in [0.1, 0.15) is 17.9 Å². The molecule has 12 heteroatoms. The largest absolute Gasteiger partial charge is 0.495 e. The maximum absolute atomic E-state index is 13.3. The highest BCUT2D eigenvalue weighted by molar-refractivity contribution is 6.32. The number of halogens is 1. The summed E-state index contributed by atoms with van der Waals surface area (Å²) >= 11 is 6.28. The highest BCUT2D eigenvalue weighted by Gasteiger charge is 2.31. The number of hydrogen-bond donors (Lipinski definition) is 2. The lowest BCUT2D eigenvalue weighted by Crippen LogP contribution is -2.49. The Kier molecular flexibility index (Phi) is 13.5. The van der Waals surface area contributed by atoms with Gasteiger partial charge in [0.15, 0.2) is 6.10 Å². The number of carbonyl (C=O) groups is 4. The summed E-state index contributed by atoms with van der Waals surface area (Å²) in [4.78, 5) is 60.9. The molecule has 0 radical (unpaired) electrons. The van der Waals surface area contributed by atoms with Gasteiger partial charge in [-0.05, 0) is 42.2 Å². The van der Waals surface area contributed by atoms with E-state index in [1.165, 1.54) is 13.2 Å². The Balaban J connectivity index is 1.89. The zero-order chi connectivity index (χ0) is 32.9. The summed E-state index contributed by atoms with van der Waals surface area (Å²) in [5, 5.41) is 5.82. The van der Waals surface area contributed by atoms with Gasteiger partial charge < -0.3 is 24.8 Å². The average molecular weight is 641 g/mol. The number of amides is 2. The zero-order valence-corrected chi connectivity index (χ0v) is 27.0. The third-order valence-corrected chi connectivity index (χ3v) is 7.42. The monoisotopic (exact) mass is 640 g/mol. The Labute approximate surface area is 268 Å². The Morgan fingerprint density at radius 1 is 1.11 bits per heavy atom. The fourth-order valence-electron chi connectivity index (χ4n) is 4.51. The second kappa shape index (κ2) is 17.3. The third-order valence-electron chi connectivity index (χ3n) is 7.13. The van der Waals surface area contributed by atoms with Gasteiger partial charge >= 0.3 is 11.9 Å². The Morgan fingerprint density at radius 2 is 1.89 bits per heavy atom. The zero-order valence-electron chi connectivity index (χ0n) is 26.2. The molecule has 0 spiro atoms. The summed E-state index contributed by atoms with van der Waals surface area (Å²) in [7, 11) is 1.50. The van der Waals surface area contributed by atoms with Crippen molar-refractivity contribution in [3.8, 4) is 5.75 Å². The van der Waals surface area contributed by atoms with Crippen LogP contribution in [0.5, 0.6) is 5.75 Å². The number of benzene rings is 1. The van der Waals surface area contributed by atoms with E-state index in [9.17, 15) is 19.2 Å². The molecule has 2 aromatic rings. The van der Waals surface area contributed by atoms with Crippen LogP contribution in [0.25, 0.3) is 6.08 Å². The number of hydrogen-bond acceptors (Lipinski definition) is 9. The lowest BCUT2D eigenvalue weighted by atomic mass is 9.99. The van der Waals surface area contributed by atoms with Crippen LogP contribution in [0.15, 0.2) is 55.0 Å². The van der Waals surface area contributed by atoms with Crippen molar-refractivity contribution in [2.24, 2.45) is 17.8 Å². The molecule has 5 atom stereocenters. The van der Waals surface area contributed by atoms with E-state index in [-0.39, 0.29) is 37.6 Å². The van der Waals surface area contributed by atoms with Gasteiger partial charge in [0.2, 0.25) is 11.8 Å². The van der Waals surface area contributed by atoms with E-state index in [1.807, 2.05) is 26.8 Å². The Bertz CT molecular complexity index is 1380. The van der Waals surface area contributed by atoms with Crippen molar-refractivity contribution < 1.29 is 33.4 Å². The van der Waals surface area contributed by atoms with Crippen LogP contribution in [0, 0.1) is 17.8 Å². The van der Waals surface area contributed by atoms with Gasteiger partial charge in [0.25, 0.3) is 0 Å². The first-order chi connectivity index (χ1) is 21.5. The molecule has 45 heavy (non-hydrogen) atoms. The van der Waals surface area contributed by atoms with Gasteiger partial charge in [-0.2, -0.15) is 0 Å². The first kappa shape index (κ1) is 35.2. The van der Waals surface area contributed by atoms with Crippen LogP contribution in [0.2, 0.25) is 5.02 Å². The average Bonchev–Trinajstić information content (AvgIpc) is 3.01. The van der Waals surface area contributed by atoms with E-state index in [0.717, 1.165) is 0 Å². The summed E-state index contributed by atoms with van der Waals surface area (Å²) in [6.07, 6.45) is 9.95. The van der Waals surface area contributed by atoms with E-state index in [4.69, 9.17) is 25.8 Å². The molecule has 1 aliphatic heterocycles. The molecular formula is C33H41ClN4O7. The summed E-state index contributed by atoms with van der Waals surface area (Å²) < 4.78 is 16.7. The Morgan fingerprint density at radius 3 is 2.56 bits per heavy atom. The highest BCUT2D eigenvalue weighted by Crippen LogP contribution is 2.25. The quantitative estimate of drug-likeness (QED) is 0.407. The number of nitrogens with zero attached hydrogens (tertiary/aromatic N) is 2. The van der Waals surface area contributed by atoms with Gasteiger partial charge in [-0.3, -0.25) is 24.4 Å². The molecule has 2 N–H and O–H groups in total. The lowest BCUT2D eigenvalue weighted by molar-refractivity contribution is -0.175. The van der Waals surface area contributed by atoms with Crippen LogP contribution in [0.3, 0.4) is 0 Å². The molecule has 1 aromatic heterocycles. The van der Waals surface area contributed by atoms with Gasteiger partial charge in [-0.15, -0.1) is 0 Å². The number of methoxy groups -OCH3 is 1. The van der Waals surface area contributed by atoms with Crippen LogP contribution in [-0.2, 0) is 35.1 Å². The summed E-state index contributed by atoms with van der Waals surface area (Å²) in [6.45, 7) is 7.20. The molecule has 11 nitrogen and oxygen atoms in total. The van der Waals surface area contributed by atoms with Crippen molar-refractivity contribution in [1.29, 1.82) is 0 Å². The maximum Gasteiger partial charge on any atom is 0.347 e. The number of rotatable bonds is 8. The van der Waals surface area contributed by atoms with Gasteiger partial charge in [-0.1, -0.05) is 57.5 Å². The van der Waals surface area contributed by atoms with E-state index < -0.39 is 47.9 Å². The minimum Gasteiger partial charge on any atom is -0.495 e. The second-order valence-electron chi connectivity index (χ2n) is 11.4. The number of nitrogens with one attached hydrogen (secondary N) is 2. The fourth-order valence-corrected chi connectivity index (χ4v) is 4.79. The summed E-state index contributed by atoms with van der Waals surface area (Å²) in [5.41, 5.74) is 1.32. The molecule has 2 amide bonds. The number of ether oxygens (including phenoxy) is 3. The summed E-state index contributed by atoms with van der Waals surface area (Å²) in [6, 6.07) is 4.12. The van der Waals surface area contributed by atoms with Crippen molar-refractivity contribution >= 4 is 41.4 Å². The van der Waals surface area contributed by atoms with Crippen LogP contribution < -0.4 is 15.4 Å². The number of carbonyl (C=O) groups excluding carboxylic acids is 4. The van der Waals surface area contributed by atoms with E-state index in [1.54, 1.807) is 55.9 Å². The van der Waals surface area contributed by atoms with Crippen LogP contribution in [0.1, 0.15) is 51.8 Å². The molecule has 3 rings (SSSR count). The minimum absolute atomic E-state index is 0.0270. The maximum atomic E-state index is 13.3. The number of aromatic nitrogens is 2. The van der Waals surface area contributed by atoms with E-state index >= 15 is 0 Å². The first-order valence-electron chi connectivity index (χ1n) is 14.9. The number of esters is 2. The molecule has 0 saturated heterocycles. The lowest BCUT2D eigenvalue weighted by Gasteiger charge is -2.26. The standard InChI is InChI=1S/C33H41ClN4O7/c1-20(2)15-29-33(42)44-27(21(3)9-11-24-19-35-13-14-36-24)7-6-8-30(39)38-26(31(40)37-18-22(4)32(41)45-29)17-23-10-12-28(43-5)25(34)16-23/h6,8-14,16,19-22,26-27,29H,7,15,17-18H2,1-5H3,(H,37,40)(H,38,39)/b8-6+,11-9+/t21?,22-,26-,27+,29+/m1/s1. The van der Waals surface area contributed by atoms with Crippen molar-refractivity contribution in [3.63, 3.8) is 0 Å². The molecular weight excluding hydrogens is 600 g/mol. The van der Waals surface area contributed by atoms with E-state index in [2.05, 4.69) is 20.6 Å². The number of cyclic esters (lactones) is 2. The second-order valence-corrected chi connectivity index (χ2v) is 11.8. The van der Waals surface area contributed by atoms with E-state index in [0.29, 0.717) is 22.0 Å². The molecule has 0 saturated carbocycles. The first-order valence-corrected chi connectivity index (χ1v) is 15.3. The summed E-state index contributed by atoms with van der Waals surface area (Å²) in [5.74, 6) is -2.92. The molecule has 0 bridgehead atoms. The Hall–Kier alpha value is -4.25. The normalized spacial score (nSPS) is 23.5. The van der Waals surface area contributed by atoms with Crippen LogP contribution in [-0.4, -0.2) is 65.6 Å². The SMILES string of the molecule is COc1ccc(C[C@H]2NC(=O)/C=C/C[C@@H](C(C)/C=C/c3cnccn3)OC(=O)[C@H](CC(C)C)OC(=O)[C@H](C)CNC2=O)cc1Cl. The van der Waals surface area contributed by atoms with Gasteiger partial charge in [0.05, 0.1) is 29.9 Å². The van der Waals surface area contributed by atoms with Crippen LogP contribution in [0.4, 0.5) is 0 Å². The van der Waals surface area contributed by atoms with Crippen molar-refractivity contribution in [2.45, 2.75) is 65.2 Å². The van der Waals surface area contributed by atoms with Crippen molar-refractivity contribution in [1.82, 2.24) is 20.6 Å². The molecule has 0 aliphatic carbocycles. The van der Waals surface area contributed by atoms with Gasteiger partial charge in [-0.25, -0.2) is 4.79 Å². The van der Waals surface area contributed by atoms with Crippen LogP contribution >= 0.6 is 11.6 Å². The minimum atomic E-state index is -1.14. The third kappa shape index (κ3) is 11.3. The predicted molar refractivity (Wildman–Crippen MR) is 169 cm³/mol.